The van der Waals surface area contributed by atoms with Gasteiger partial charge in [-0.2, -0.15) is 0 Å². The van der Waals surface area contributed by atoms with Gasteiger partial charge in [0.2, 0.25) is 5.91 Å². The fourth-order valence-corrected chi connectivity index (χ4v) is 5.20. The first-order valence-corrected chi connectivity index (χ1v) is 11.4. The molecule has 7 heteroatoms. The fourth-order valence-electron chi connectivity index (χ4n) is 4.32. The first-order valence-electron chi connectivity index (χ1n) is 10.6. The summed E-state index contributed by atoms with van der Waals surface area (Å²) in [5, 5.41) is 1.95. The number of methoxy groups -OCH3 is 1. The van der Waals surface area contributed by atoms with Crippen LogP contribution in [0.2, 0.25) is 0 Å². The smallest absolute Gasteiger partial charge is 0.254 e. The summed E-state index contributed by atoms with van der Waals surface area (Å²) in [6.07, 6.45) is 0. The maximum absolute atomic E-state index is 14.1. The summed E-state index contributed by atoms with van der Waals surface area (Å²) >= 11 is 1.53. The highest BCUT2D eigenvalue weighted by atomic mass is 32.1. The van der Waals surface area contributed by atoms with Gasteiger partial charge in [0, 0.05) is 36.3 Å². The highest BCUT2D eigenvalue weighted by molar-refractivity contribution is 7.10. The Labute approximate surface area is 191 Å². The molecule has 0 radical (unpaired) electrons. The highest BCUT2D eigenvalue weighted by Crippen LogP contribution is 2.45. The quantitative estimate of drug-likeness (QED) is 0.514. The number of carbonyl (C=O) groups is 2. The number of rotatable bonds is 7. The van der Waals surface area contributed by atoms with Crippen molar-refractivity contribution in [1.29, 1.82) is 0 Å². The Morgan fingerprint density at radius 2 is 1.88 bits per heavy atom. The Bertz CT molecular complexity index is 1080. The van der Waals surface area contributed by atoms with Crippen molar-refractivity contribution < 1.29 is 18.7 Å². The van der Waals surface area contributed by atoms with Gasteiger partial charge in [0.1, 0.15) is 5.82 Å². The van der Waals surface area contributed by atoms with Crippen molar-refractivity contribution in [2.24, 2.45) is 0 Å². The molecule has 2 heterocycles. The molecule has 1 aromatic heterocycles. The molecule has 166 valence electrons. The molecule has 3 aromatic rings. The van der Waals surface area contributed by atoms with Gasteiger partial charge >= 0.3 is 0 Å². The van der Waals surface area contributed by atoms with Crippen molar-refractivity contribution in [1.82, 2.24) is 4.90 Å². The molecule has 1 aliphatic heterocycles. The van der Waals surface area contributed by atoms with E-state index in [2.05, 4.69) is 0 Å². The van der Waals surface area contributed by atoms with Crippen molar-refractivity contribution in [3.8, 4) is 0 Å². The van der Waals surface area contributed by atoms with Crippen LogP contribution in [0.3, 0.4) is 0 Å². The second-order valence-electron chi connectivity index (χ2n) is 7.58. The van der Waals surface area contributed by atoms with E-state index in [9.17, 15) is 14.0 Å². The predicted molar refractivity (Wildman–Crippen MR) is 124 cm³/mol. The van der Waals surface area contributed by atoms with E-state index in [4.69, 9.17) is 4.74 Å². The number of thiophene rings is 1. The second-order valence-corrected chi connectivity index (χ2v) is 8.55. The molecule has 2 amide bonds. The third-order valence-corrected chi connectivity index (χ3v) is 6.74. The highest BCUT2D eigenvalue weighted by Gasteiger charge is 2.45. The molecule has 2 atom stereocenters. The number of nitrogens with zero attached hydrogens (tertiary/aromatic N) is 2. The number of anilines is 1. The molecule has 0 spiro atoms. The molecule has 2 unspecified atom stereocenters. The molecule has 0 fully saturated rings. The molecule has 1 aliphatic rings. The zero-order chi connectivity index (χ0) is 22.7. The van der Waals surface area contributed by atoms with Gasteiger partial charge < -0.3 is 14.5 Å². The summed E-state index contributed by atoms with van der Waals surface area (Å²) < 4.78 is 18.8. The molecule has 0 saturated carbocycles. The molecule has 0 saturated heterocycles. The molecule has 5 nitrogen and oxygen atoms in total. The Balaban J connectivity index is 1.85. The first-order chi connectivity index (χ1) is 15.6. The summed E-state index contributed by atoms with van der Waals surface area (Å²) in [5.74, 6) is -1.18. The normalized spacial score (nSPS) is 17.8. The number of halogens is 1. The molecular weight excluding hydrogens is 427 g/mol. The van der Waals surface area contributed by atoms with Crippen molar-refractivity contribution in [3.63, 3.8) is 0 Å². The SMILES string of the molecule is CCN(C(=O)C1c2ccccc2C(=O)N(CCOC)C1c1cccs1)c1ccc(F)cc1. The van der Waals surface area contributed by atoms with Crippen LogP contribution in [0.5, 0.6) is 0 Å². The minimum absolute atomic E-state index is 0.107. The lowest BCUT2D eigenvalue weighted by atomic mass is 9.81. The summed E-state index contributed by atoms with van der Waals surface area (Å²) in [6, 6.07) is 16.7. The van der Waals surface area contributed by atoms with Crippen LogP contribution in [0.4, 0.5) is 10.1 Å². The van der Waals surface area contributed by atoms with Gasteiger partial charge in [0.25, 0.3) is 5.91 Å². The van der Waals surface area contributed by atoms with Gasteiger partial charge in [-0.1, -0.05) is 24.3 Å². The Morgan fingerprint density at radius 3 is 2.53 bits per heavy atom. The lowest BCUT2D eigenvalue weighted by molar-refractivity contribution is -0.121. The van der Waals surface area contributed by atoms with E-state index in [0.29, 0.717) is 30.9 Å². The van der Waals surface area contributed by atoms with Gasteiger partial charge in [0.15, 0.2) is 0 Å². The standard InChI is InChI=1S/C25H25FN2O3S/c1-3-27(18-12-10-17(26)11-13-18)25(30)22-19-7-4-5-8-20(19)24(29)28(14-15-31-2)23(22)21-9-6-16-32-21/h4-13,16,22-23H,3,14-15H2,1-2H3. The van der Waals surface area contributed by atoms with Crippen LogP contribution in [0.15, 0.2) is 66.0 Å². The predicted octanol–water partition coefficient (Wildman–Crippen LogP) is 4.87. The summed E-state index contributed by atoms with van der Waals surface area (Å²) in [7, 11) is 1.60. The maximum atomic E-state index is 14.1. The number of carbonyl (C=O) groups excluding carboxylic acids is 2. The molecule has 0 aliphatic carbocycles. The van der Waals surface area contributed by atoms with Crippen LogP contribution < -0.4 is 4.90 Å². The van der Waals surface area contributed by atoms with E-state index >= 15 is 0 Å². The van der Waals surface area contributed by atoms with Crippen molar-refractivity contribution >= 4 is 28.8 Å². The first kappa shape index (κ1) is 22.2. The summed E-state index contributed by atoms with van der Waals surface area (Å²) in [5.41, 5.74) is 1.88. The maximum Gasteiger partial charge on any atom is 0.254 e. The number of ether oxygens (including phenoxy) is 1. The summed E-state index contributed by atoms with van der Waals surface area (Å²) in [6.45, 7) is 3.06. The van der Waals surface area contributed by atoms with Gasteiger partial charge in [-0.3, -0.25) is 9.59 Å². The zero-order valence-electron chi connectivity index (χ0n) is 18.0. The molecule has 0 N–H and O–H groups in total. The Kier molecular flexibility index (Phi) is 6.67. The van der Waals surface area contributed by atoms with Crippen molar-refractivity contribution in [2.45, 2.75) is 18.9 Å². The van der Waals surface area contributed by atoms with Gasteiger partial charge in [-0.25, -0.2) is 4.39 Å². The van der Waals surface area contributed by atoms with Crippen molar-refractivity contribution in [3.05, 3.63) is 87.9 Å². The van der Waals surface area contributed by atoms with Gasteiger partial charge in [-0.15, -0.1) is 11.3 Å². The van der Waals surface area contributed by atoms with Crippen LogP contribution in [0, 0.1) is 5.82 Å². The van der Waals surface area contributed by atoms with Crippen LogP contribution in [0.1, 0.15) is 39.7 Å². The number of amides is 2. The molecule has 0 bridgehead atoms. The van der Waals surface area contributed by atoms with E-state index in [0.717, 1.165) is 10.4 Å². The van der Waals surface area contributed by atoms with E-state index < -0.39 is 12.0 Å². The lowest BCUT2D eigenvalue weighted by Crippen LogP contribution is -2.49. The van der Waals surface area contributed by atoms with Crippen molar-refractivity contribution in [2.75, 3.05) is 31.7 Å². The monoisotopic (exact) mass is 452 g/mol. The number of benzene rings is 2. The number of hydrogen-bond acceptors (Lipinski definition) is 4. The number of fused-ring (bicyclic) bond motifs is 1. The second kappa shape index (κ2) is 9.63. The molecule has 2 aromatic carbocycles. The Hall–Kier alpha value is -3.03. The van der Waals surface area contributed by atoms with Gasteiger partial charge in [-0.05, 0) is 54.3 Å². The van der Waals surface area contributed by atoms with Crippen LogP contribution in [-0.4, -0.2) is 43.5 Å². The fraction of sp³-hybridized carbons (Fsp3) is 0.280. The van der Waals surface area contributed by atoms with E-state index in [1.54, 1.807) is 35.1 Å². The minimum Gasteiger partial charge on any atom is -0.383 e. The topological polar surface area (TPSA) is 49.9 Å². The Morgan fingerprint density at radius 1 is 1.12 bits per heavy atom. The van der Waals surface area contributed by atoms with Crippen LogP contribution in [0.25, 0.3) is 0 Å². The number of hydrogen-bond donors (Lipinski definition) is 0. The minimum atomic E-state index is -0.593. The third-order valence-electron chi connectivity index (χ3n) is 5.80. The third kappa shape index (κ3) is 4.06. The van der Waals surface area contributed by atoms with Crippen LogP contribution >= 0.6 is 11.3 Å². The van der Waals surface area contributed by atoms with Crippen LogP contribution in [-0.2, 0) is 9.53 Å². The van der Waals surface area contributed by atoms with Gasteiger partial charge in [0.05, 0.1) is 18.6 Å². The van der Waals surface area contributed by atoms with E-state index in [1.165, 1.54) is 23.5 Å². The zero-order valence-corrected chi connectivity index (χ0v) is 18.8. The molecule has 32 heavy (non-hydrogen) atoms. The lowest BCUT2D eigenvalue weighted by Gasteiger charge is -2.42. The number of likely N-dealkylation sites (N-methyl/N-ethyl adjacent to an activating group) is 1. The molecular formula is C25H25FN2O3S. The largest absolute Gasteiger partial charge is 0.383 e. The molecule has 4 rings (SSSR count). The summed E-state index contributed by atoms with van der Waals surface area (Å²) in [4.78, 5) is 31.9. The average molecular weight is 453 g/mol. The average Bonchev–Trinajstić information content (AvgIpc) is 3.34. The van der Waals surface area contributed by atoms with E-state index in [-0.39, 0.29) is 17.6 Å². The van der Waals surface area contributed by atoms with E-state index in [1.807, 2.05) is 42.6 Å².